The third-order valence-electron chi connectivity index (χ3n) is 3.06. The monoisotopic (exact) mass is 305 g/mol. The van der Waals surface area contributed by atoms with Gasteiger partial charge in [0.1, 0.15) is 0 Å². The van der Waals surface area contributed by atoms with Crippen LogP contribution >= 0.6 is 15.9 Å². The maximum Gasteiger partial charge on any atom is 0.231 e. The molecule has 0 fully saturated rings. The first-order valence-corrected chi connectivity index (χ1v) is 6.50. The average Bonchev–Trinajstić information content (AvgIpc) is 2.84. The number of hydrogen-bond donors (Lipinski definition) is 0. The lowest BCUT2D eigenvalue weighted by Crippen LogP contribution is -2.26. The molecule has 0 saturated heterocycles. The van der Waals surface area contributed by atoms with Gasteiger partial charge in [-0.2, -0.15) is 5.10 Å². The third-order valence-corrected chi connectivity index (χ3v) is 3.56. The van der Waals surface area contributed by atoms with Gasteiger partial charge in [0, 0.05) is 23.4 Å². The van der Waals surface area contributed by atoms with Crippen molar-refractivity contribution in [2.24, 2.45) is 7.05 Å². The number of anilines is 1. The molecule has 2 aromatic rings. The van der Waals surface area contributed by atoms with E-state index in [1.807, 2.05) is 37.5 Å². The van der Waals surface area contributed by atoms with Crippen LogP contribution in [0.4, 0.5) is 5.69 Å². The van der Waals surface area contributed by atoms with Gasteiger partial charge in [0.15, 0.2) is 0 Å². The van der Waals surface area contributed by atoms with Crippen LogP contribution in [0.3, 0.4) is 0 Å². The summed E-state index contributed by atoms with van der Waals surface area (Å²) in [4.78, 5) is 13.8. The van der Waals surface area contributed by atoms with Gasteiger partial charge in [-0.05, 0) is 29.8 Å². The van der Waals surface area contributed by atoms with Crippen molar-refractivity contribution in [1.82, 2.24) is 9.78 Å². The Kier molecular flexibility index (Phi) is 2.70. The number of fused-ring (bicyclic) bond motifs is 1. The molecule has 4 nitrogen and oxygen atoms in total. The number of benzene rings is 1. The first kappa shape index (κ1) is 11.5. The van der Waals surface area contributed by atoms with E-state index in [9.17, 15) is 4.79 Å². The summed E-state index contributed by atoms with van der Waals surface area (Å²) >= 11 is 3.43. The summed E-state index contributed by atoms with van der Waals surface area (Å²) in [7, 11) is 1.88. The number of carbonyl (C=O) groups is 1. The summed E-state index contributed by atoms with van der Waals surface area (Å²) in [6.45, 7) is 0.536. The number of halogens is 1. The van der Waals surface area contributed by atoms with Gasteiger partial charge in [-0.3, -0.25) is 9.48 Å². The molecule has 0 atom stereocenters. The van der Waals surface area contributed by atoms with E-state index in [4.69, 9.17) is 0 Å². The van der Waals surface area contributed by atoms with E-state index in [0.29, 0.717) is 13.0 Å². The molecule has 1 aromatic carbocycles. The molecule has 0 unspecified atom stereocenters. The van der Waals surface area contributed by atoms with Crippen molar-refractivity contribution in [2.75, 3.05) is 4.90 Å². The SMILES string of the molecule is Cn1ccc(CN2C(=O)Cc3cc(Br)ccc32)n1. The molecule has 5 heteroatoms. The summed E-state index contributed by atoms with van der Waals surface area (Å²) < 4.78 is 2.76. The molecule has 2 heterocycles. The lowest BCUT2D eigenvalue weighted by molar-refractivity contribution is -0.117. The molecule has 0 radical (unpaired) electrons. The van der Waals surface area contributed by atoms with Crippen LogP contribution < -0.4 is 4.90 Å². The fraction of sp³-hybridized carbons (Fsp3) is 0.231. The number of nitrogens with zero attached hydrogens (tertiary/aromatic N) is 3. The standard InChI is InChI=1S/C13H12BrN3O/c1-16-5-4-11(15-16)8-17-12-3-2-10(14)6-9(12)7-13(17)18/h2-6H,7-8H2,1H3. The van der Waals surface area contributed by atoms with Crippen molar-refractivity contribution in [3.8, 4) is 0 Å². The zero-order chi connectivity index (χ0) is 12.7. The van der Waals surface area contributed by atoms with E-state index in [-0.39, 0.29) is 5.91 Å². The maximum absolute atomic E-state index is 12.0. The van der Waals surface area contributed by atoms with Crippen molar-refractivity contribution in [3.05, 3.63) is 46.2 Å². The Morgan fingerprint density at radius 1 is 1.39 bits per heavy atom. The van der Waals surface area contributed by atoms with Crippen molar-refractivity contribution in [3.63, 3.8) is 0 Å². The largest absolute Gasteiger partial charge is 0.306 e. The van der Waals surface area contributed by atoms with Gasteiger partial charge in [-0.25, -0.2) is 0 Å². The van der Waals surface area contributed by atoms with Crippen molar-refractivity contribution in [2.45, 2.75) is 13.0 Å². The Balaban J connectivity index is 1.92. The molecule has 3 rings (SSSR count). The number of aryl methyl sites for hydroxylation is 1. The molecule has 0 bridgehead atoms. The van der Waals surface area contributed by atoms with Crippen LogP contribution in [0, 0.1) is 0 Å². The zero-order valence-corrected chi connectivity index (χ0v) is 11.5. The maximum atomic E-state index is 12.0. The Morgan fingerprint density at radius 2 is 2.22 bits per heavy atom. The molecule has 0 spiro atoms. The van der Waals surface area contributed by atoms with Crippen LogP contribution in [0.5, 0.6) is 0 Å². The molecular weight excluding hydrogens is 294 g/mol. The predicted molar refractivity (Wildman–Crippen MR) is 72.2 cm³/mol. The number of aromatic nitrogens is 2. The molecule has 0 saturated carbocycles. The van der Waals surface area contributed by atoms with E-state index in [1.54, 1.807) is 9.58 Å². The number of carbonyl (C=O) groups excluding carboxylic acids is 1. The van der Waals surface area contributed by atoms with Crippen LogP contribution in [0.15, 0.2) is 34.9 Å². The van der Waals surface area contributed by atoms with Crippen molar-refractivity contribution >= 4 is 27.5 Å². The molecule has 0 N–H and O–H groups in total. The summed E-state index contributed by atoms with van der Waals surface area (Å²) in [5, 5.41) is 4.31. The summed E-state index contributed by atoms with van der Waals surface area (Å²) in [5.41, 5.74) is 2.97. The summed E-state index contributed by atoms with van der Waals surface area (Å²) in [5.74, 6) is 0.133. The van der Waals surface area contributed by atoms with Crippen molar-refractivity contribution < 1.29 is 4.79 Å². The molecular formula is C13H12BrN3O. The molecule has 1 aliphatic rings. The highest BCUT2D eigenvalue weighted by atomic mass is 79.9. The van der Waals surface area contributed by atoms with Gasteiger partial charge >= 0.3 is 0 Å². The minimum absolute atomic E-state index is 0.133. The van der Waals surface area contributed by atoms with Crippen LogP contribution in [-0.2, 0) is 24.8 Å². The summed E-state index contributed by atoms with van der Waals surface area (Å²) in [6, 6.07) is 7.88. The predicted octanol–water partition coefficient (Wildman–Crippen LogP) is 2.27. The second kappa shape index (κ2) is 4.24. The van der Waals surface area contributed by atoms with Crippen LogP contribution in [0.2, 0.25) is 0 Å². The highest BCUT2D eigenvalue weighted by Gasteiger charge is 2.27. The Labute approximate surface area is 113 Å². The molecule has 1 amide bonds. The quantitative estimate of drug-likeness (QED) is 0.853. The van der Waals surface area contributed by atoms with Crippen LogP contribution in [0.25, 0.3) is 0 Å². The minimum atomic E-state index is 0.133. The lowest BCUT2D eigenvalue weighted by atomic mass is 10.2. The number of amides is 1. The van der Waals surface area contributed by atoms with E-state index in [1.165, 1.54) is 0 Å². The second-order valence-electron chi connectivity index (χ2n) is 4.41. The van der Waals surface area contributed by atoms with Crippen LogP contribution in [0.1, 0.15) is 11.3 Å². The van der Waals surface area contributed by atoms with E-state index in [0.717, 1.165) is 21.4 Å². The fourth-order valence-electron chi connectivity index (χ4n) is 2.23. The molecule has 1 aliphatic heterocycles. The van der Waals surface area contributed by atoms with Gasteiger partial charge in [0.05, 0.1) is 18.7 Å². The highest BCUT2D eigenvalue weighted by Crippen LogP contribution is 2.32. The smallest absolute Gasteiger partial charge is 0.231 e. The fourth-order valence-corrected chi connectivity index (χ4v) is 2.64. The number of hydrogen-bond acceptors (Lipinski definition) is 2. The van der Waals surface area contributed by atoms with E-state index >= 15 is 0 Å². The van der Waals surface area contributed by atoms with Gasteiger partial charge in [0.25, 0.3) is 0 Å². The van der Waals surface area contributed by atoms with Gasteiger partial charge < -0.3 is 4.90 Å². The minimum Gasteiger partial charge on any atom is -0.306 e. The average molecular weight is 306 g/mol. The second-order valence-corrected chi connectivity index (χ2v) is 5.33. The van der Waals surface area contributed by atoms with Gasteiger partial charge in [0.2, 0.25) is 5.91 Å². The zero-order valence-electron chi connectivity index (χ0n) is 9.93. The van der Waals surface area contributed by atoms with E-state index in [2.05, 4.69) is 21.0 Å². The number of rotatable bonds is 2. The summed E-state index contributed by atoms with van der Waals surface area (Å²) in [6.07, 6.45) is 2.36. The first-order valence-electron chi connectivity index (χ1n) is 5.71. The van der Waals surface area contributed by atoms with Crippen LogP contribution in [-0.4, -0.2) is 15.7 Å². The normalized spacial score (nSPS) is 14.1. The Morgan fingerprint density at radius 3 is 2.94 bits per heavy atom. The van der Waals surface area contributed by atoms with Gasteiger partial charge in [-0.15, -0.1) is 0 Å². The van der Waals surface area contributed by atoms with Crippen molar-refractivity contribution in [1.29, 1.82) is 0 Å². The molecule has 0 aliphatic carbocycles. The molecule has 1 aromatic heterocycles. The van der Waals surface area contributed by atoms with E-state index < -0.39 is 0 Å². The first-order chi connectivity index (χ1) is 8.63. The molecule has 18 heavy (non-hydrogen) atoms. The highest BCUT2D eigenvalue weighted by molar-refractivity contribution is 9.10. The topological polar surface area (TPSA) is 38.1 Å². The Hall–Kier alpha value is -1.62. The third kappa shape index (κ3) is 1.95. The van der Waals surface area contributed by atoms with Gasteiger partial charge in [-0.1, -0.05) is 15.9 Å². The Bertz CT molecular complexity index is 620. The lowest BCUT2D eigenvalue weighted by Gasteiger charge is -2.15. The molecule has 92 valence electrons.